The summed E-state index contributed by atoms with van der Waals surface area (Å²) in [6, 6.07) is 0. The van der Waals surface area contributed by atoms with Gasteiger partial charge in [-0.15, -0.1) is 0 Å². The summed E-state index contributed by atoms with van der Waals surface area (Å²) in [6.45, 7) is 4.59. The molecule has 1 rings (SSSR count). The Morgan fingerprint density at radius 3 is 2.36 bits per heavy atom. The molecule has 0 nitrogen and oxygen atoms in total. The fourth-order valence-electron chi connectivity index (χ4n) is 1.81. The number of hydrogen-bond acceptors (Lipinski definition) is 0. The molecule has 0 aliphatic heterocycles. The summed E-state index contributed by atoms with van der Waals surface area (Å²) in [6.07, 6.45) is 11.7. The van der Waals surface area contributed by atoms with Crippen LogP contribution in [0.5, 0.6) is 0 Å². The highest BCUT2D eigenvalue weighted by Crippen LogP contribution is 2.28. The zero-order chi connectivity index (χ0) is 8.10. The van der Waals surface area contributed by atoms with E-state index < -0.39 is 0 Å². The van der Waals surface area contributed by atoms with Crippen LogP contribution in [0.4, 0.5) is 0 Å². The van der Waals surface area contributed by atoms with E-state index in [-0.39, 0.29) is 0 Å². The molecule has 0 N–H and O–H groups in total. The van der Waals surface area contributed by atoms with Crippen molar-refractivity contribution in [1.29, 1.82) is 0 Å². The largest absolute Gasteiger partial charge is 0.0885 e. The third-order valence-electron chi connectivity index (χ3n) is 2.70. The predicted molar refractivity (Wildman–Crippen MR) is 50.6 cm³/mol. The summed E-state index contributed by atoms with van der Waals surface area (Å²) in [4.78, 5) is 0. The molecule has 0 atom stereocenters. The van der Waals surface area contributed by atoms with Gasteiger partial charge in [-0.25, -0.2) is 0 Å². The Morgan fingerprint density at radius 2 is 1.82 bits per heavy atom. The lowest BCUT2D eigenvalue weighted by atomic mass is 9.83. The molecule has 0 aromatic carbocycles. The second-order valence-corrected chi connectivity index (χ2v) is 3.86. The van der Waals surface area contributed by atoms with Crippen LogP contribution < -0.4 is 0 Å². The van der Waals surface area contributed by atoms with Crippen molar-refractivity contribution in [3.63, 3.8) is 0 Å². The van der Waals surface area contributed by atoms with Crippen LogP contribution in [-0.2, 0) is 0 Å². The maximum absolute atomic E-state index is 2.42. The third kappa shape index (κ3) is 3.09. The molecule has 1 aliphatic carbocycles. The van der Waals surface area contributed by atoms with Crippen molar-refractivity contribution in [1.82, 2.24) is 0 Å². The lowest BCUT2D eigenvalue weighted by Crippen LogP contribution is -2.09. The van der Waals surface area contributed by atoms with E-state index in [9.17, 15) is 0 Å². The molecule has 0 heteroatoms. The summed E-state index contributed by atoms with van der Waals surface area (Å²) >= 11 is 0. The first-order valence-corrected chi connectivity index (χ1v) is 4.99. The van der Waals surface area contributed by atoms with Crippen molar-refractivity contribution in [3.8, 4) is 0 Å². The van der Waals surface area contributed by atoms with Gasteiger partial charge in [-0.2, -0.15) is 0 Å². The molecule has 0 amide bonds. The third-order valence-corrected chi connectivity index (χ3v) is 2.70. The Labute approximate surface area is 70.7 Å². The first kappa shape index (κ1) is 8.83. The van der Waals surface area contributed by atoms with Crippen LogP contribution in [0, 0.1) is 11.8 Å². The fourth-order valence-corrected chi connectivity index (χ4v) is 1.81. The molecule has 1 saturated carbocycles. The molecule has 1 fully saturated rings. The molecule has 1 aliphatic rings. The predicted octanol–water partition coefficient (Wildman–Crippen LogP) is 3.78. The van der Waals surface area contributed by atoms with Gasteiger partial charge in [0, 0.05) is 0 Å². The van der Waals surface area contributed by atoms with E-state index in [4.69, 9.17) is 0 Å². The van der Waals surface area contributed by atoms with E-state index in [1.54, 1.807) is 0 Å². The lowest BCUT2D eigenvalue weighted by molar-refractivity contribution is 0.330. The molecule has 0 aromatic rings. The van der Waals surface area contributed by atoms with Crippen LogP contribution in [0.15, 0.2) is 12.2 Å². The van der Waals surface area contributed by atoms with E-state index in [2.05, 4.69) is 26.0 Å². The molecular weight excluding hydrogens is 132 g/mol. The molecule has 0 aromatic heterocycles. The summed E-state index contributed by atoms with van der Waals surface area (Å²) in [5.41, 5.74) is 0. The Hall–Kier alpha value is -0.260. The Balaban J connectivity index is 2.22. The lowest BCUT2D eigenvalue weighted by Gasteiger charge is -2.23. The minimum absolute atomic E-state index is 0.908. The van der Waals surface area contributed by atoms with Gasteiger partial charge in [-0.05, 0) is 31.1 Å². The first-order valence-electron chi connectivity index (χ1n) is 4.99. The van der Waals surface area contributed by atoms with E-state index in [0.29, 0.717) is 0 Å². The zero-order valence-corrected chi connectivity index (χ0v) is 7.84. The smallest absolute Gasteiger partial charge is 0.0233 e. The van der Waals surface area contributed by atoms with Crippen LogP contribution in [0.25, 0.3) is 0 Å². The van der Waals surface area contributed by atoms with Crippen molar-refractivity contribution in [2.75, 3.05) is 0 Å². The molecule has 11 heavy (non-hydrogen) atoms. The Morgan fingerprint density at radius 1 is 1.18 bits per heavy atom. The molecule has 0 unspecified atom stereocenters. The highest BCUT2D eigenvalue weighted by molar-refractivity contribution is 4.89. The van der Waals surface area contributed by atoms with Crippen molar-refractivity contribution >= 4 is 0 Å². The Bertz CT molecular complexity index is 116. The van der Waals surface area contributed by atoms with Crippen LogP contribution in [-0.4, -0.2) is 0 Å². The molecule has 0 spiro atoms. The van der Waals surface area contributed by atoms with Gasteiger partial charge in [0.15, 0.2) is 0 Å². The maximum atomic E-state index is 2.42. The fraction of sp³-hybridized carbons (Fsp3) is 0.818. The molecule has 0 saturated heterocycles. The van der Waals surface area contributed by atoms with Crippen LogP contribution >= 0.6 is 0 Å². The topological polar surface area (TPSA) is 0 Å². The SMILES string of the molecule is CC/C=C\C1CCC(C)CC1. The second-order valence-electron chi connectivity index (χ2n) is 3.86. The van der Waals surface area contributed by atoms with Gasteiger partial charge in [0.25, 0.3) is 0 Å². The van der Waals surface area contributed by atoms with E-state index in [0.717, 1.165) is 11.8 Å². The van der Waals surface area contributed by atoms with Crippen molar-refractivity contribution in [2.45, 2.75) is 46.0 Å². The molecular formula is C11H20. The summed E-state index contributed by atoms with van der Waals surface area (Å²) in [5.74, 6) is 1.90. The van der Waals surface area contributed by atoms with Gasteiger partial charge >= 0.3 is 0 Å². The molecule has 0 bridgehead atoms. The summed E-state index contributed by atoms with van der Waals surface area (Å²) in [7, 11) is 0. The van der Waals surface area contributed by atoms with Gasteiger partial charge in [0.05, 0.1) is 0 Å². The van der Waals surface area contributed by atoms with Crippen LogP contribution in [0.3, 0.4) is 0 Å². The quantitative estimate of drug-likeness (QED) is 0.528. The summed E-state index contributed by atoms with van der Waals surface area (Å²) < 4.78 is 0. The average Bonchev–Trinajstić information content (AvgIpc) is 2.04. The summed E-state index contributed by atoms with van der Waals surface area (Å²) in [5, 5.41) is 0. The van der Waals surface area contributed by atoms with Gasteiger partial charge in [0.1, 0.15) is 0 Å². The highest BCUT2D eigenvalue weighted by atomic mass is 14.2. The number of hydrogen-bond donors (Lipinski definition) is 0. The average molecular weight is 152 g/mol. The van der Waals surface area contributed by atoms with E-state index >= 15 is 0 Å². The zero-order valence-electron chi connectivity index (χ0n) is 7.84. The van der Waals surface area contributed by atoms with Crippen molar-refractivity contribution < 1.29 is 0 Å². The molecule has 0 radical (unpaired) electrons. The number of rotatable bonds is 2. The van der Waals surface area contributed by atoms with Gasteiger partial charge in [-0.3, -0.25) is 0 Å². The Kier molecular flexibility index (Phi) is 3.68. The number of allylic oxidation sites excluding steroid dienone is 2. The van der Waals surface area contributed by atoms with Crippen molar-refractivity contribution in [2.24, 2.45) is 11.8 Å². The van der Waals surface area contributed by atoms with Crippen LogP contribution in [0.2, 0.25) is 0 Å². The molecule has 0 heterocycles. The minimum atomic E-state index is 0.908. The molecule has 64 valence electrons. The standard InChI is InChI=1S/C11H20/c1-3-4-5-11-8-6-10(2)7-9-11/h4-5,10-11H,3,6-9H2,1-2H3/b5-4-. The first-order chi connectivity index (χ1) is 5.33. The van der Waals surface area contributed by atoms with Gasteiger partial charge in [0.2, 0.25) is 0 Å². The van der Waals surface area contributed by atoms with Gasteiger partial charge in [-0.1, -0.05) is 38.8 Å². The minimum Gasteiger partial charge on any atom is -0.0885 e. The highest BCUT2D eigenvalue weighted by Gasteiger charge is 2.14. The van der Waals surface area contributed by atoms with Gasteiger partial charge < -0.3 is 0 Å². The van der Waals surface area contributed by atoms with Crippen molar-refractivity contribution in [3.05, 3.63) is 12.2 Å². The van der Waals surface area contributed by atoms with Crippen LogP contribution in [0.1, 0.15) is 46.0 Å². The normalized spacial score (nSPS) is 32.9. The maximum Gasteiger partial charge on any atom is -0.0233 e. The van der Waals surface area contributed by atoms with E-state index in [1.165, 1.54) is 32.1 Å². The second kappa shape index (κ2) is 4.58. The monoisotopic (exact) mass is 152 g/mol. The van der Waals surface area contributed by atoms with E-state index in [1.807, 2.05) is 0 Å².